The van der Waals surface area contributed by atoms with Gasteiger partial charge in [0.15, 0.2) is 11.5 Å². The van der Waals surface area contributed by atoms with Gasteiger partial charge in [0.25, 0.3) is 11.8 Å². The fourth-order valence-corrected chi connectivity index (χ4v) is 2.51. The van der Waals surface area contributed by atoms with Gasteiger partial charge < -0.3 is 9.47 Å². The Morgan fingerprint density at radius 1 is 0.875 bits per heavy atom. The van der Waals surface area contributed by atoms with E-state index in [1.54, 1.807) is 12.1 Å². The molecule has 2 aromatic rings. The van der Waals surface area contributed by atoms with Gasteiger partial charge in [-0.1, -0.05) is 29.3 Å². The van der Waals surface area contributed by atoms with Crippen LogP contribution in [-0.4, -0.2) is 26.0 Å². The molecule has 2 N–H and O–H groups in total. The number of rotatable bonds is 4. The molecule has 126 valence electrons. The average Bonchev–Trinajstić information content (AvgIpc) is 2.58. The summed E-state index contributed by atoms with van der Waals surface area (Å²) in [6.45, 7) is 0. The number of carbonyl (C=O) groups excluding carboxylic acids is 2. The maximum Gasteiger partial charge on any atom is 0.272 e. The van der Waals surface area contributed by atoms with E-state index >= 15 is 0 Å². The molecule has 0 aliphatic heterocycles. The van der Waals surface area contributed by atoms with Crippen LogP contribution in [0.4, 0.5) is 0 Å². The van der Waals surface area contributed by atoms with Gasteiger partial charge in [0.1, 0.15) is 0 Å². The summed E-state index contributed by atoms with van der Waals surface area (Å²) in [5, 5.41) is 0.362. The van der Waals surface area contributed by atoms with Gasteiger partial charge in [0, 0.05) is 5.56 Å². The van der Waals surface area contributed by atoms with E-state index in [-0.39, 0.29) is 21.2 Å². The van der Waals surface area contributed by atoms with Crippen molar-refractivity contribution in [3.63, 3.8) is 0 Å². The molecule has 0 aromatic heterocycles. The smallest absolute Gasteiger partial charge is 0.272 e. The Morgan fingerprint density at radius 2 is 1.46 bits per heavy atom. The molecular weight excluding hydrogens is 355 g/mol. The Hall–Kier alpha value is -2.44. The summed E-state index contributed by atoms with van der Waals surface area (Å²) >= 11 is 11.9. The van der Waals surface area contributed by atoms with Crippen molar-refractivity contribution >= 4 is 35.0 Å². The van der Waals surface area contributed by atoms with Gasteiger partial charge in [-0.2, -0.15) is 0 Å². The molecule has 0 saturated heterocycles. The molecule has 6 nitrogen and oxygen atoms in total. The van der Waals surface area contributed by atoms with Crippen molar-refractivity contribution in [2.24, 2.45) is 0 Å². The molecule has 0 bridgehead atoms. The number of benzene rings is 2. The Balaban J connectivity index is 2.09. The molecule has 8 heteroatoms. The van der Waals surface area contributed by atoms with Crippen LogP contribution in [0.3, 0.4) is 0 Å². The van der Waals surface area contributed by atoms with Crippen LogP contribution in [-0.2, 0) is 0 Å². The number of hydrazine groups is 1. The van der Waals surface area contributed by atoms with Gasteiger partial charge in [0.2, 0.25) is 0 Å². The molecule has 0 saturated carbocycles. The number of hydrogen-bond acceptors (Lipinski definition) is 4. The lowest BCUT2D eigenvalue weighted by Gasteiger charge is -2.11. The second kappa shape index (κ2) is 7.90. The molecule has 0 atom stereocenters. The highest BCUT2D eigenvalue weighted by molar-refractivity contribution is 6.39. The van der Waals surface area contributed by atoms with Crippen molar-refractivity contribution < 1.29 is 19.1 Å². The van der Waals surface area contributed by atoms with E-state index in [4.69, 9.17) is 32.7 Å². The second-order valence-electron chi connectivity index (χ2n) is 4.57. The van der Waals surface area contributed by atoms with Crippen LogP contribution in [0.5, 0.6) is 11.5 Å². The van der Waals surface area contributed by atoms with Crippen LogP contribution in [0.15, 0.2) is 36.4 Å². The first-order valence-corrected chi connectivity index (χ1v) is 7.50. The first kappa shape index (κ1) is 17.9. The third-order valence-electron chi connectivity index (χ3n) is 3.13. The number of carbonyl (C=O) groups is 2. The van der Waals surface area contributed by atoms with Gasteiger partial charge in [-0.3, -0.25) is 20.4 Å². The minimum atomic E-state index is -0.626. The van der Waals surface area contributed by atoms with E-state index in [1.807, 2.05) is 0 Å². The van der Waals surface area contributed by atoms with Crippen LogP contribution in [0.2, 0.25) is 10.0 Å². The molecule has 2 amide bonds. The zero-order chi connectivity index (χ0) is 17.7. The van der Waals surface area contributed by atoms with E-state index in [0.29, 0.717) is 11.5 Å². The van der Waals surface area contributed by atoms with Gasteiger partial charge in [-0.05, 0) is 30.3 Å². The lowest BCUT2D eigenvalue weighted by molar-refractivity contribution is 0.0846. The highest BCUT2D eigenvalue weighted by Crippen LogP contribution is 2.27. The van der Waals surface area contributed by atoms with Crippen LogP contribution in [0, 0.1) is 0 Å². The minimum absolute atomic E-state index is 0.0773. The van der Waals surface area contributed by atoms with Crippen molar-refractivity contribution in [2.45, 2.75) is 0 Å². The van der Waals surface area contributed by atoms with Crippen LogP contribution in [0.25, 0.3) is 0 Å². The average molecular weight is 369 g/mol. The van der Waals surface area contributed by atoms with Crippen molar-refractivity contribution in [1.29, 1.82) is 0 Å². The highest BCUT2D eigenvalue weighted by Gasteiger charge is 2.16. The van der Waals surface area contributed by atoms with E-state index in [9.17, 15) is 9.59 Å². The predicted molar refractivity (Wildman–Crippen MR) is 90.9 cm³/mol. The lowest BCUT2D eigenvalue weighted by Crippen LogP contribution is -2.41. The van der Waals surface area contributed by atoms with Gasteiger partial charge in [-0.25, -0.2) is 0 Å². The molecular formula is C16H14Cl2N2O4. The van der Waals surface area contributed by atoms with E-state index in [0.717, 1.165) is 0 Å². The van der Waals surface area contributed by atoms with Crippen molar-refractivity contribution in [1.82, 2.24) is 10.9 Å². The molecule has 0 aliphatic rings. The summed E-state index contributed by atoms with van der Waals surface area (Å²) in [7, 11) is 2.95. The number of nitrogens with one attached hydrogen (secondary N) is 2. The van der Waals surface area contributed by atoms with E-state index in [2.05, 4.69) is 10.9 Å². The first-order chi connectivity index (χ1) is 11.5. The molecule has 0 radical (unpaired) electrons. The molecule has 0 aliphatic carbocycles. The summed E-state index contributed by atoms with van der Waals surface area (Å²) in [5.74, 6) is -0.279. The number of amides is 2. The summed E-state index contributed by atoms with van der Waals surface area (Å²) in [6, 6.07) is 9.27. The van der Waals surface area contributed by atoms with Crippen molar-refractivity contribution in [3.8, 4) is 11.5 Å². The largest absolute Gasteiger partial charge is 0.493 e. The van der Waals surface area contributed by atoms with E-state index < -0.39 is 11.8 Å². The number of ether oxygens (including phenoxy) is 2. The number of methoxy groups -OCH3 is 2. The Morgan fingerprint density at radius 3 is 2.04 bits per heavy atom. The molecule has 0 heterocycles. The zero-order valence-electron chi connectivity index (χ0n) is 12.9. The normalized spacial score (nSPS) is 10.0. The van der Waals surface area contributed by atoms with Gasteiger partial charge in [-0.15, -0.1) is 0 Å². The van der Waals surface area contributed by atoms with Crippen molar-refractivity contribution in [3.05, 3.63) is 57.6 Å². The summed E-state index contributed by atoms with van der Waals surface area (Å²) in [5.41, 5.74) is 4.91. The molecule has 24 heavy (non-hydrogen) atoms. The van der Waals surface area contributed by atoms with Crippen LogP contribution >= 0.6 is 23.2 Å². The Bertz CT molecular complexity index is 760. The fourth-order valence-electron chi connectivity index (χ4n) is 1.94. The Labute approximate surface area is 148 Å². The standard InChI is InChI=1S/C16H14Cl2N2O4/c1-23-12-7-6-9(8-13(12)24-2)15(21)19-20-16(22)14-10(17)4-3-5-11(14)18/h3-8H,1-2H3,(H,19,21)(H,20,22). The topological polar surface area (TPSA) is 76.7 Å². The molecule has 2 rings (SSSR count). The summed E-state index contributed by atoms with van der Waals surface area (Å²) < 4.78 is 10.2. The maximum absolute atomic E-state index is 12.1. The van der Waals surface area contributed by atoms with Crippen LogP contribution < -0.4 is 20.3 Å². The van der Waals surface area contributed by atoms with E-state index in [1.165, 1.54) is 38.5 Å². The third-order valence-corrected chi connectivity index (χ3v) is 3.76. The maximum atomic E-state index is 12.1. The molecule has 2 aromatic carbocycles. The minimum Gasteiger partial charge on any atom is -0.493 e. The zero-order valence-corrected chi connectivity index (χ0v) is 14.4. The predicted octanol–water partition coefficient (Wildman–Crippen LogP) is 3.09. The second-order valence-corrected chi connectivity index (χ2v) is 5.39. The quantitative estimate of drug-likeness (QED) is 0.813. The van der Waals surface area contributed by atoms with Gasteiger partial charge >= 0.3 is 0 Å². The van der Waals surface area contributed by atoms with Crippen molar-refractivity contribution in [2.75, 3.05) is 14.2 Å². The third kappa shape index (κ3) is 3.90. The summed E-state index contributed by atoms with van der Waals surface area (Å²) in [6.07, 6.45) is 0. The molecule has 0 fully saturated rings. The van der Waals surface area contributed by atoms with Crippen LogP contribution in [0.1, 0.15) is 20.7 Å². The summed E-state index contributed by atoms with van der Waals surface area (Å²) in [4.78, 5) is 24.2. The Kier molecular flexibility index (Phi) is 5.89. The fraction of sp³-hybridized carbons (Fsp3) is 0.125. The highest BCUT2D eigenvalue weighted by atomic mass is 35.5. The lowest BCUT2D eigenvalue weighted by atomic mass is 10.2. The number of hydrogen-bond donors (Lipinski definition) is 2. The monoisotopic (exact) mass is 368 g/mol. The SMILES string of the molecule is COc1ccc(C(=O)NNC(=O)c2c(Cl)cccc2Cl)cc1OC. The number of halogens is 2. The van der Waals surface area contributed by atoms with Gasteiger partial charge in [0.05, 0.1) is 29.8 Å². The molecule has 0 unspecified atom stereocenters. The first-order valence-electron chi connectivity index (χ1n) is 6.74. The molecule has 0 spiro atoms.